The number of pyridine rings is 1. The number of aryl methyl sites for hydroxylation is 1. The van der Waals surface area contributed by atoms with E-state index in [2.05, 4.69) is 25.9 Å². The van der Waals surface area contributed by atoms with Crippen LogP contribution in [0, 0.1) is 11.7 Å². The number of H-pyrrole nitrogens is 1. The van der Waals surface area contributed by atoms with E-state index in [1.54, 1.807) is 6.20 Å². The molecule has 2 heterocycles. The third kappa shape index (κ3) is 2.22. The van der Waals surface area contributed by atoms with Crippen LogP contribution in [0.15, 0.2) is 34.9 Å². The molecule has 0 aliphatic carbocycles. The van der Waals surface area contributed by atoms with Gasteiger partial charge in [-0.05, 0) is 58.8 Å². The monoisotopic (exact) mass is 353 g/mol. The highest BCUT2D eigenvalue weighted by Gasteiger charge is 2.10. The number of aromatic nitrogens is 3. The van der Waals surface area contributed by atoms with Crippen LogP contribution in [0.2, 0.25) is 5.02 Å². The van der Waals surface area contributed by atoms with Gasteiger partial charge in [0.2, 0.25) is 0 Å². The van der Waals surface area contributed by atoms with E-state index in [0.29, 0.717) is 9.79 Å². The minimum Gasteiger partial charge on any atom is -0.329 e. The van der Waals surface area contributed by atoms with E-state index in [9.17, 15) is 0 Å². The molecule has 3 aromatic rings. The number of imidazole rings is 1. The third-order valence-corrected chi connectivity index (χ3v) is 3.86. The zero-order valence-corrected chi connectivity index (χ0v) is 13.1. The molecule has 3 rings (SSSR count). The van der Waals surface area contributed by atoms with Crippen LogP contribution in [0.1, 0.15) is 5.56 Å². The molecule has 1 N–H and O–H groups in total. The number of aromatic amines is 1. The molecule has 0 radical (unpaired) electrons. The zero-order chi connectivity index (χ0) is 13.6. The minimum absolute atomic E-state index is 0.603. The summed E-state index contributed by atoms with van der Waals surface area (Å²) in [6, 6.07) is 7.68. The number of rotatable bonds is 1. The van der Waals surface area contributed by atoms with Gasteiger partial charge in [-0.1, -0.05) is 17.7 Å². The van der Waals surface area contributed by atoms with E-state index in [1.165, 1.54) is 0 Å². The summed E-state index contributed by atoms with van der Waals surface area (Å²) >= 11 is 14.9. The van der Waals surface area contributed by atoms with Gasteiger partial charge in [-0.3, -0.25) is 4.57 Å². The Morgan fingerprint density at radius 1 is 1.37 bits per heavy atom. The standard InChI is InChI=1S/C13H9BrClN3S/c1-7-2-3-9(15)5-11(7)18-12-10(17-13(18)19)4-8(14)6-16-12/h2-6H,1H3,(H,17,19). The lowest BCUT2D eigenvalue weighted by Crippen LogP contribution is -1.98. The van der Waals surface area contributed by atoms with Crippen molar-refractivity contribution in [3.05, 3.63) is 50.3 Å². The molecule has 3 nitrogen and oxygen atoms in total. The van der Waals surface area contributed by atoms with Crippen molar-refractivity contribution in [3.8, 4) is 5.69 Å². The molecule has 0 aliphatic rings. The summed E-state index contributed by atoms with van der Waals surface area (Å²) in [5.41, 5.74) is 3.71. The lowest BCUT2D eigenvalue weighted by Gasteiger charge is -2.08. The maximum Gasteiger partial charge on any atom is 0.184 e. The van der Waals surface area contributed by atoms with Gasteiger partial charge in [0.25, 0.3) is 0 Å². The second-order valence-corrected chi connectivity index (χ2v) is 5.96. The van der Waals surface area contributed by atoms with Crippen LogP contribution < -0.4 is 0 Å². The largest absolute Gasteiger partial charge is 0.329 e. The highest BCUT2D eigenvalue weighted by atomic mass is 79.9. The van der Waals surface area contributed by atoms with Crippen LogP contribution in [0.4, 0.5) is 0 Å². The smallest absolute Gasteiger partial charge is 0.184 e. The second kappa shape index (κ2) is 4.74. The summed E-state index contributed by atoms with van der Waals surface area (Å²) < 4.78 is 3.41. The molecule has 19 heavy (non-hydrogen) atoms. The molecule has 1 aromatic carbocycles. The van der Waals surface area contributed by atoms with Gasteiger partial charge in [-0.2, -0.15) is 0 Å². The fourth-order valence-corrected chi connectivity index (χ4v) is 2.81. The van der Waals surface area contributed by atoms with Gasteiger partial charge in [-0.25, -0.2) is 4.98 Å². The van der Waals surface area contributed by atoms with Crippen LogP contribution in [0.25, 0.3) is 16.9 Å². The van der Waals surface area contributed by atoms with Crippen molar-refractivity contribution in [1.82, 2.24) is 14.5 Å². The number of halogens is 2. The first-order valence-electron chi connectivity index (χ1n) is 5.59. The summed E-state index contributed by atoms with van der Waals surface area (Å²) in [5.74, 6) is 0. The summed E-state index contributed by atoms with van der Waals surface area (Å²) in [5, 5.41) is 0.675. The molecule has 2 aromatic heterocycles. The van der Waals surface area contributed by atoms with Crippen LogP contribution in [-0.4, -0.2) is 14.5 Å². The molecular weight excluding hydrogens is 346 g/mol. The van der Waals surface area contributed by atoms with E-state index in [0.717, 1.165) is 26.9 Å². The Hall–Kier alpha value is -1.17. The molecule has 0 amide bonds. The van der Waals surface area contributed by atoms with E-state index in [1.807, 2.05) is 35.8 Å². The van der Waals surface area contributed by atoms with Gasteiger partial charge in [-0.15, -0.1) is 0 Å². The summed E-state index contributed by atoms with van der Waals surface area (Å²) in [4.78, 5) is 7.58. The number of hydrogen-bond donors (Lipinski definition) is 1. The van der Waals surface area contributed by atoms with Crippen molar-refractivity contribution in [2.24, 2.45) is 0 Å². The fourth-order valence-electron chi connectivity index (χ4n) is 2.02. The van der Waals surface area contributed by atoms with E-state index in [4.69, 9.17) is 23.8 Å². The maximum atomic E-state index is 6.08. The highest BCUT2D eigenvalue weighted by molar-refractivity contribution is 9.10. The molecule has 0 unspecified atom stereocenters. The summed E-state index contributed by atoms with van der Waals surface area (Å²) in [6.07, 6.45) is 1.75. The Labute approximate surface area is 128 Å². The highest BCUT2D eigenvalue weighted by Crippen LogP contribution is 2.25. The molecule has 0 aliphatic heterocycles. The van der Waals surface area contributed by atoms with Gasteiger partial charge in [0.1, 0.15) is 0 Å². The number of nitrogens with zero attached hydrogens (tertiary/aromatic N) is 2. The predicted molar refractivity (Wildman–Crippen MR) is 83.7 cm³/mol. The quantitative estimate of drug-likeness (QED) is 0.636. The van der Waals surface area contributed by atoms with Crippen molar-refractivity contribution in [2.45, 2.75) is 6.92 Å². The van der Waals surface area contributed by atoms with Gasteiger partial charge in [0, 0.05) is 15.7 Å². The van der Waals surface area contributed by atoms with E-state index >= 15 is 0 Å². The van der Waals surface area contributed by atoms with Crippen molar-refractivity contribution in [2.75, 3.05) is 0 Å². The number of benzene rings is 1. The average molecular weight is 355 g/mol. The first kappa shape index (κ1) is 12.8. The van der Waals surface area contributed by atoms with Crippen LogP contribution in [0.3, 0.4) is 0 Å². The molecule has 6 heteroatoms. The Balaban J connectivity index is 2.39. The van der Waals surface area contributed by atoms with Gasteiger partial charge < -0.3 is 4.98 Å². The molecule has 0 saturated heterocycles. The fraction of sp³-hybridized carbons (Fsp3) is 0.0769. The summed E-state index contributed by atoms with van der Waals surface area (Å²) in [7, 11) is 0. The molecule has 0 fully saturated rings. The van der Waals surface area contributed by atoms with Crippen molar-refractivity contribution >= 4 is 50.9 Å². The lowest BCUT2D eigenvalue weighted by atomic mass is 10.2. The minimum atomic E-state index is 0.603. The summed E-state index contributed by atoms with van der Waals surface area (Å²) in [6.45, 7) is 2.02. The Morgan fingerprint density at radius 3 is 2.95 bits per heavy atom. The first-order chi connectivity index (χ1) is 9.06. The molecule has 0 bridgehead atoms. The SMILES string of the molecule is Cc1ccc(Cl)cc1-n1c(=S)[nH]c2cc(Br)cnc21. The van der Waals surface area contributed by atoms with Gasteiger partial charge in [0.05, 0.1) is 11.2 Å². The first-order valence-corrected chi connectivity index (χ1v) is 7.17. The second-order valence-electron chi connectivity index (χ2n) is 4.22. The van der Waals surface area contributed by atoms with Crippen LogP contribution >= 0.6 is 39.7 Å². The van der Waals surface area contributed by atoms with Crippen LogP contribution in [0.5, 0.6) is 0 Å². The van der Waals surface area contributed by atoms with Gasteiger partial charge >= 0.3 is 0 Å². The van der Waals surface area contributed by atoms with Gasteiger partial charge in [0.15, 0.2) is 10.4 Å². The van der Waals surface area contributed by atoms with Crippen molar-refractivity contribution in [3.63, 3.8) is 0 Å². The number of nitrogens with one attached hydrogen (secondary N) is 1. The van der Waals surface area contributed by atoms with Crippen molar-refractivity contribution < 1.29 is 0 Å². The topological polar surface area (TPSA) is 33.6 Å². The third-order valence-electron chi connectivity index (χ3n) is 2.90. The maximum absolute atomic E-state index is 6.08. The Morgan fingerprint density at radius 2 is 2.16 bits per heavy atom. The lowest BCUT2D eigenvalue weighted by molar-refractivity contribution is 1.03. The molecule has 0 atom stereocenters. The molecule has 96 valence electrons. The van der Waals surface area contributed by atoms with E-state index in [-0.39, 0.29) is 0 Å². The molecule has 0 spiro atoms. The number of fused-ring (bicyclic) bond motifs is 1. The average Bonchev–Trinajstić information content (AvgIpc) is 2.67. The van der Waals surface area contributed by atoms with Crippen molar-refractivity contribution in [1.29, 1.82) is 0 Å². The predicted octanol–water partition coefficient (Wildman–Crippen LogP) is 4.81. The number of hydrogen-bond acceptors (Lipinski definition) is 2. The Bertz CT molecular complexity index is 838. The normalized spacial score (nSPS) is 11.1. The van der Waals surface area contributed by atoms with Crippen LogP contribution in [-0.2, 0) is 0 Å². The van der Waals surface area contributed by atoms with E-state index < -0.39 is 0 Å². The molecular formula is C13H9BrClN3S. The Kier molecular flexibility index (Phi) is 3.20. The molecule has 0 saturated carbocycles. The zero-order valence-electron chi connectivity index (χ0n) is 9.95.